The van der Waals surface area contributed by atoms with Gasteiger partial charge in [-0.1, -0.05) is 0 Å². The number of phenols is 1. The molecule has 0 saturated heterocycles. The van der Waals surface area contributed by atoms with E-state index in [4.69, 9.17) is 5.11 Å². The minimum atomic E-state index is -1.23. The molecular weight excluding hydrogens is 360 g/mol. The smallest absolute Gasteiger partial charge is 0.337 e. The van der Waals surface area contributed by atoms with E-state index in [-0.39, 0.29) is 17.0 Å². The predicted octanol–water partition coefficient (Wildman–Crippen LogP) is 3.24. The Bertz CT molecular complexity index is 687. The molecule has 1 heterocycles. The van der Waals surface area contributed by atoms with Crippen molar-refractivity contribution in [2.45, 2.75) is 6.54 Å². The van der Waals surface area contributed by atoms with Crippen LogP contribution < -0.4 is 10.6 Å². The highest BCUT2D eigenvalue weighted by Crippen LogP contribution is 2.22. The number of carbonyl (C=O) groups is 2. The van der Waals surface area contributed by atoms with Gasteiger partial charge in [0.15, 0.2) is 0 Å². The summed E-state index contributed by atoms with van der Waals surface area (Å²) < 4.78 is 0.941. The fraction of sp³-hybridized carbons (Fsp3) is 0.0769. The molecule has 0 aliphatic rings. The number of rotatable bonds is 4. The molecule has 0 fully saturated rings. The Hall–Kier alpha value is -2.06. The van der Waals surface area contributed by atoms with Gasteiger partial charge in [-0.25, -0.2) is 9.59 Å². The third-order valence-electron chi connectivity index (χ3n) is 2.53. The van der Waals surface area contributed by atoms with E-state index in [0.717, 1.165) is 15.4 Å². The second kappa shape index (κ2) is 6.59. The number of urea groups is 1. The van der Waals surface area contributed by atoms with Gasteiger partial charge in [0, 0.05) is 14.7 Å². The van der Waals surface area contributed by atoms with Gasteiger partial charge < -0.3 is 20.8 Å². The number of amides is 2. The third kappa shape index (κ3) is 4.20. The SMILES string of the molecule is O=C(NCc1cc(Br)cs1)Nc1ccc(O)cc1C(=O)O. The van der Waals surface area contributed by atoms with Gasteiger partial charge in [-0.05, 0) is 40.2 Å². The van der Waals surface area contributed by atoms with Crippen molar-refractivity contribution in [1.82, 2.24) is 5.32 Å². The zero-order valence-corrected chi connectivity index (χ0v) is 13.0. The Kier molecular flexibility index (Phi) is 4.81. The average molecular weight is 371 g/mol. The molecule has 6 nitrogen and oxygen atoms in total. The molecular formula is C13H11BrN2O4S. The molecule has 2 amide bonds. The van der Waals surface area contributed by atoms with Crippen LogP contribution in [-0.2, 0) is 6.54 Å². The lowest BCUT2D eigenvalue weighted by Crippen LogP contribution is -2.28. The number of halogens is 1. The van der Waals surface area contributed by atoms with E-state index in [2.05, 4.69) is 26.6 Å². The van der Waals surface area contributed by atoms with Gasteiger partial charge in [0.1, 0.15) is 5.75 Å². The molecule has 1 aromatic carbocycles. The van der Waals surface area contributed by atoms with Crippen molar-refractivity contribution in [2.24, 2.45) is 0 Å². The minimum Gasteiger partial charge on any atom is -0.508 e. The molecule has 0 radical (unpaired) electrons. The Balaban J connectivity index is 2.01. The van der Waals surface area contributed by atoms with Crippen molar-refractivity contribution < 1.29 is 19.8 Å². The Morgan fingerprint density at radius 3 is 2.67 bits per heavy atom. The zero-order valence-electron chi connectivity index (χ0n) is 10.6. The highest BCUT2D eigenvalue weighted by atomic mass is 79.9. The zero-order chi connectivity index (χ0) is 15.4. The lowest BCUT2D eigenvalue weighted by atomic mass is 10.1. The topological polar surface area (TPSA) is 98.7 Å². The van der Waals surface area contributed by atoms with Crippen LogP contribution in [0.15, 0.2) is 34.1 Å². The molecule has 2 aromatic rings. The lowest BCUT2D eigenvalue weighted by Gasteiger charge is -2.09. The summed E-state index contributed by atoms with van der Waals surface area (Å²) in [6, 6.07) is 5.08. The van der Waals surface area contributed by atoms with E-state index < -0.39 is 12.0 Å². The monoisotopic (exact) mass is 370 g/mol. The summed E-state index contributed by atoms with van der Waals surface area (Å²) in [6.45, 7) is 0.336. The van der Waals surface area contributed by atoms with Crippen LogP contribution in [0.1, 0.15) is 15.2 Å². The number of nitrogens with one attached hydrogen (secondary N) is 2. The van der Waals surface area contributed by atoms with E-state index in [9.17, 15) is 14.7 Å². The second-order valence-electron chi connectivity index (χ2n) is 4.07. The molecule has 1 aromatic heterocycles. The van der Waals surface area contributed by atoms with Gasteiger partial charge in [0.2, 0.25) is 0 Å². The first-order valence-corrected chi connectivity index (χ1v) is 7.47. The molecule has 110 valence electrons. The summed E-state index contributed by atoms with van der Waals surface area (Å²) in [6.07, 6.45) is 0. The highest BCUT2D eigenvalue weighted by Gasteiger charge is 2.13. The lowest BCUT2D eigenvalue weighted by molar-refractivity contribution is 0.0697. The van der Waals surface area contributed by atoms with Crippen LogP contribution >= 0.6 is 27.3 Å². The second-order valence-corrected chi connectivity index (χ2v) is 5.99. The molecule has 0 spiro atoms. The quantitative estimate of drug-likeness (QED) is 0.620. The summed E-state index contributed by atoms with van der Waals surface area (Å²) in [5.41, 5.74) is -0.0609. The summed E-state index contributed by atoms with van der Waals surface area (Å²) in [5.74, 6) is -1.41. The van der Waals surface area contributed by atoms with E-state index >= 15 is 0 Å². The van der Waals surface area contributed by atoms with Gasteiger partial charge in [0.05, 0.1) is 17.8 Å². The van der Waals surface area contributed by atoms with E-state index in [1.807, 2.05) is 11.4 Å². The Morgan fingerprint density at radius 1 is 1.29 bits per heavy atom. The number of hydrogen-bond acceptors (Lipinski definition) is 4. The van der Waals surface area contributed by atoms with Crippen LogP contribution in [0.2, 0.25) is 0 Å². The summed E-state index contributed by atoms with van der Waals surface area (Å²) in [4.78, 5) is 23.8. The minimum absolute atomic E-state index is 0.116. The first-order valence-electron chi connectivity index (χ1n) is 5.80. The van der Waals surface area contributed by atoms with Crippen molar-refractivity contribution in [3.05, 3.63) is 44.6 Å². The molecule has 4 N–H and O–H groups in total. The van der Waals surface area contributed by atoms with Gasteiger partial charge in [-0.15, -0.1) is 11.3 Å². The molecule has 8 heteroatoms. The maximum atomic E-state index is 11.8. The van der Waals surface area contributed by atoms with Crippen molar-refractivity contribution in [3.63, 3.8) is 0 Å². The standard InChI is InChI=1S/C13H11BrN2O4S/c14-7-3-9(21-6-7)5-15-13(20)16-11-2-1-8(17)4-10(11)12(18)19/h1-4,6,17H,5H2,(H,18,19)(H2,15,16,20). The number of anilines is 1. The van der Waals surface area contributed by atoms with Gasteiger partial charge in [0.25, 0.3) is 0 Å². The molecule has 0 aliphatic heterocycles. The molecule has 0 atom stereocenters. The number of thiophene rings is 1. The first kappa shape index (κ1) is 15.3. The van der Waals surface area contributed by atoms with Crippen LogP contribution in [0.4, 0.5) is 10.5 Å². The van der Waals surface area contributed by atoms with E-state index in [1.165, 1.54) is 23.5 Å². The Labute approximate surface area is 132 Å². The number of benzene rings is 1. The van der Waals surface area contributed by atoms with Crippen LogP contribution in [0.25, 0.3) is 0 Å². The predicted molar refractivity (Wildman–Crippen MR) is 82.9 cm³/mol. The molecule has 0 unspecified atom stereocenters. The number of carboxylic acids is 1. The number of hydrogen-bond donors (Lipinski definition) is 4. The fourth-order valence-corrected chi connectivity index (χ4v) is 2.99. The largest absolute Gasteiger partial charge is 0.508 e. The number of carbonyl (C=O) groups excluding carboxylic acids is 1. The number of aromatic hydroxyl groups is 1. The van der Waals surface area contributed by atoms with Crippen LogP contribution in [0.5, 0.6) is 5.75 Å². The van der Waals surface area contributed by atoms with Crippen molar-refractivity contribution >= 4 is 45.0 Å². The van der Waals surface area contributed by atoms with Crippen LogP contribution in [0, 0.1) is 0 Å². The normalized spacial score (nSPS) is 10.1. The Morgan fingerprint density at radius 2 is 2.05 bits per heavy atom. The van der Waals surface area contributed by atoms with E-state index in [1.54, 1.807) is 0 Å². The van der Waals surface area contributed by atoms with Crippen molar-refractivity contribution in [3.8, 4) is 5.75 Å². The third-order valence-corrected chi connectivity index (χ3v) is 4.22. The molecule has 0 saturated carbocycles. The summed E-state index contributed by atoms with van der Waals surface area (Å²) in [7, 11) is 0. The molecule has 0 aliphatic carbocycles. The number of aromatic carboxylic acids is 1. The number of phenolic OH excluding ortho intramolecular Hbond substituents is 1. The van der Waals surface area contributed by atoms with Crippen LogP contribution in [0.3, 0.4) is 0 Å². The average Bonchev–Trinajstić information content (AvgIpc) is 2.84. The molecule has 0 bridgehead atoms. The van der Waals surface area contributed by atoms with Crippen molar-refractivity contribution in [2.75, 3.05) is 5.32 Å². The summed E-state index contributed by atoms with van der Waals surface area (Å²) >= 11 is 4.81. The van der Waals surface area contributed by atoms with E-state index in [0.29, 0.717) is 6.54 Å². The number of carboxylic acid groups (broad SMARTS) is 1. The van der Waals surface area contributed by atoms with Gasteiger partial charge in [-0.3, -0.25) is 0 Å². The maximum absolute atomic E-state index is 11.8. The van der Waals surface area contributed by atoms with Crippen molar-refractivity contribution in [1.29, 1.82) is 0 Å². The molecule has 2 rings (SSSR count). The first-order chi connectivity index (χ1) is 9.95. The van der Waals surface area contributed by atoms with Gasteiger partial charge >= 0.3 is 12.0 Å². The summed E-state index contributed by atoms with van der Waals surface area (Å²) in [5, 5.41) is 25.3. The van der Waals surface area contributed by atoms with Gasteiger partial charge in [-0.2, -0.15) is 0 Å². The maximum Gasteiger partial charge on any atom is 0.337 e. The van der Waals surface area contributed by atoms with Crippen LogP contribution in [-0.4, -0.2) is 22.2 Å². The highest BCUT2D eigenvalue weighted by molar-refractivity contribution is 9.10. The fourth-order valence-electron chi connectivity index (χ4n) is 1.60. The molecule has 21 heavy (non-hydrogen) atoms.